The SMILES string of the molecule is Cc1ccc(F)c(S(=O)(=O)NCC(O)c2ccco2)c1. The van der Waals surface area contributed by atoms with Gasteiger partial charge in [0.15, 0.2) is 0 Å². The van der Waals surface area contributed by atoms with Crippen LogP contribution in [0, 0.1) is 12.7 Å². The number of rotatable bonds is 5. The van der Waals surface area contributed by atoms with E-state index in [1.165, 1.54) is 24.5 Å². The lowest BCUT2D eigenvalue weighted by Gasteiger charge is -2.11. The monoisotopic (exact) mass is 299 g/mol. The van der Waals surface area contributed by atoms with E-state index >= 15 is 0 Å². The molecule has 2 aromatic rings. The van der Waals surface area contributed by atoms with Crippen LogP contribution >= 0.6 is 0 Å². The third kappa shape index (κ3) is 3.24. The number of aliphatic hydroxyl groups excluding tert-OH is 1. The Kier molecular flexibility index (Phi) is 4.22. The van der Waals surface area contributed by atoms with E-state index in [0.717, 1.165) is 6.07 Å². The van der Waals surface area contributed by atoms with Crippen molar-refractivity contribution in [3.8, 4) is 0 Å². The van der Waals surface area contributed by atoms with E-state index in [4.69, 9.17) is 4.42 Å². The Labute approximate surface area is 116 Å². The molecule has 1 aromatic heterocycles. The fourth-order valence-corrected chi connectivity index (χ4v) is 2.86. The summed E-state index contributed by atoms with van der Waals surface area (Å²) < 4.78 is 44.6. The maximum absolute atomic E-state index is 13.6. The van der Waals surface area contributed by atoms with Gasteiger partial charge in [0, 0.05) is 6.54 Å². The molecule has 7 heteroatoms. The average Bonchev–Trinajstić information content (AvgIpc) is 2.93. The molecule has 1 heterocycles. The molecule has 5 nitrogen and oxygen atoms in total. The van der Waals surface area contributed by atoms with Crippen molar-refractivity contribution in [3.63, 3.8) is 0 Å². The highest BCUT2D eigenvalue weighted by Gasteiger charge is 2.21. The first-order chi connectivity index (χ1) is 9.40. The number of halogens is 1. The number of hydrogen-bond donors (Lipinski definition) is 2. The van der Waals surface area contributed by atoms with Crippen molar-refractivity contribution in [2.75, 3.05) is 6.54 Å². The summed E-state index contributed by atoms with van der Waals surface area (Å²) in [6.07, 6.45) is 0.237. The van der Waals surface area contributed by atoms with Gasteiger partial charge in [-0.2, -0.15) is 0 Å². The summed E-state index contributed by atoms with van der Waals surface area (Å²) in [6.45, 7) is 1.36. The van der Waals surface area contributed by atoms with Gasteiger partial charge in [0.2, 0.25) is 10.0 Å². The lowest BCUT2D eigenvalue weighted by molar-refractivity contribution is 0.154. The van der Waals surface area contributed by atoms with E-state index < -0.39 is 26.8 Å². The maximum atomic E-state index is 13.6. The largest absolute Gasteiger partial charge is 0.467 e. The second-order valence-corrected chi connectivity index (χ2v) is 6.05. The Bertz CT molecular complexity index is 682. The summed E-state index contributed by atoms with van der Waals surface area (Å²) >= 11 is 0. The zero-order chi connectivity index (χ0) is 14.8. The van der Waals surface area contributed by atoms with Gasteiger partial charge in [-0.05, 0) is 36.8 Å². The smallest absolute Gasteiger partial charge is 0.243 e. The minimum absolute atomic E-state index is 0.234. The molecule has 0 aliphatic carbocycles. The molecule has 108 valence electrons. The van der Waals surface area contributed by atoms with Crippen LogP contribution in [0.1, 0.15) is 17.4 Å². The van der Waals surface area contributed by atoms with Gasteiger partial charge in [-0.15, -0.1) is 0 Å². The molecule has 2 rings (SSSR count). The van der Waals surface area contributed by atoms with Crippen LogP contribution in [0.25, 0.3) is 0 Å². The minimum atomic E-state index is -4.03. The Hall–Kier alpha value is -1.70. The number of sulfonamides is 1. The lowest BCUT2D eigenvalue weighted by atomic mass is 10.2. The number of furan rings is 1. The molecule has 2 N–H and O–H groups in total. The van der Waals surface area contributed by atoms with Crippen molar-refractivity contribution in [3.05, 3.63) is 53.7 Å². The first-order valence-corrected chi connectivity index (χ1v) is 7.36. The van der Waals surface area contributed by atoms with Gasteiger partial charge in [-0.1, -0.05) is 6.07 Å². The summed E-state index contributed by atoms with van der Waals surface area (Å²) in [6, 6.07) is 6.90. The summed E-state index contributed by atoms with van der Waals surface area (Å²) in [4.78, 5) is -0.441. The number of aryl methyl sites for hydroxylation is 1. The highest BCUT2D eigenvalue weighted by atomic mass is 32.2. The molecule has 0 amide bonds. The minimum Gasteiger partial charge on any atom is -0.467 e. The van der Waals surface area contributed by atoms with Crippen LogP contribution in [-0.4, -0.2) is 20.1 Å². The topological polar surface area (TPSA) is 79.5 Å². The van der Waals surface area contributed by atoms with Crippen molar-refractivity contribution in [1.82, 2.24) is 4.72 Å². The third-order valence-corrected chi connectivity index (χ3v) is 4.15. The number of aliphatic hydroxyl groups is 1. The van der Waals surface area contributed by atoms with Gasteiger partial charge < -0.3 is 9.52 Å². The molecular formula is C13H14FNO4S. The predicted molar refractivity (Wildman–Crippen MR) is 70.0 cm³/mol. The molecule has 0 fully saturated rings. The van der Waals surface area contributed by atoms with Gasteiger partial charge in [-0.25, -0.2) is 17.5 Å². The van der Waals surface area contributed by atoms with Crippen LogP contribution in [0.5, 0.6) is 0 Å². The molecule has 20 heavy (non-hydrogen) atoms. The van der Waals surface area contributed by atoms with Crippen LogP contribution in [0.2, 0.25) is 0 Å². The number of hydrogen-bond acceptors (Lipinski definition) is 4. The Morgan fingerprint density at radius 2 is 2.15 bits per heavy atom. The molecule has 0 saturated heterocycles. The molecule has 0 bridgehead atoms. The van der Waals surface area contributed by atoms with Gasteiger partial charge in [0.1, 0.15) is 22.6 Å². The third-order valence-electron chi connectivity index (χ3n) is 2.71. The van der Waals surface area contributed by atoms with Crippen LogP contribution in [0.4, 0.5) is 4.39 Å². The Morgan fingerprint density at radius 3 is 2.80 bits per heavy atom. The molecule has 0 spiro atoms. The zero-order valence-corrected chi connectivity index (χ0v) is 11.5. The summed E-state index contributed by atoms with van der Waals surface area (Å²) in [5.41, 5.74) is 0.623. The molecule has 1 unspecified atom stereocenters. The Morgan fingerprint density at radius 1 is 1.40 bits per heavy atom. The first kappa shape index (κ1) is 14.7. The zero-order valence-electron chi connectivity index (χ0n) is 10.7. The van der Waals surface area contributed by atoms with Crippen LogP contribution in [0.15, 0.2) is 45.9 Å². The van der Waals surface area contributed by atoms with E-state index in [0.29, 0.717) is 5.56 Å². The van der Waals surface area contributed by atoms with Gasteiger partial charge in [0.25, 0.3) is 0 Å². The van der Waals surface area contributed by atoms with Gasteiger partial charge >= 0.3 is 0 Å². The highest BCUT2D eigenvalue weighted by Crippen LogP contribution is 2.17. The van der Waals surface area contributed by atoms with E-state index in [9.17, 15) is 17.9 Å². The van der Waals surface area contributed by atoms with E-state index in [-0.39, 0.29) is 12.3 Å². The predicted octanol–water partition coefficient (Wildman–Crippen LogP) is 1.74. The molecule has 0 radical (unpaired) electrons. The van der Waals surface area contributed by atoms with E-state index in [1.807, 2.05) is 0 Å². The van der Waals surface area contributed by atoms with Crippen molar-refractivity contribution >= 4 is 10.0 Å². The second kappa shape index (κ2) is 5.74. The van der Waals surface area contributed by atoms with E-state index in [1.54, 1.807) is 13.0 Å². The van der Waals surface area contributed by atoms with Crippen molar-refractivity contribution in [1.29, 1.82) is 0 Å². The van der Waals surface area contributed by atoms with Crippen molar-refractivity contribution < 1.29 is 22.3 Å². The summed E-state index contributed by atoms with van der Waals surface area (Å²) in [7, 11) is -4.03. The lowest BCUT2D eigenvalue weighted by Crippen LogP contribution is -2.29. The van der Waals surface area contributed by atoms with Crippen molar-refractivity contribution in [2.24, 2.45) is 0 Å². The van der Waals surface area contributed by atoms with E-state index in [2.05, 4.69) is 4.72 Å². The standard InChI is InChI=1S/C13H14FNO4S/c1-9-4-5-10(14)13(7-9)20(17,18)15-8-11(16)12-3-2-6-19-12/h2-7,11,15-16H,8H2,1H3. The normalized spacial score (nSPS) is 13.3. The fourth-order valence-electron chi connectivity index (χ4n) is 1.66. The summed E-state index contributed by atoms with van der Waals surface area (Å²) in [5, 5.41) is 9.73. The molecule has 1 aromatic carbocycles. The average molecular weight is 299 g/mol. The molecule has 0 aliphatic rings. The number of benzene rings is 1. The molecule has 0 aliphatic heterocycles. The van der Waals surface area contributed by atoms with Gasteiger partial charge in [-0.3, -0.25) is 0 Å². The molecule has 1 atom stereocenters. The first-order valence-electron chi connectivity index (χ1n) is 5.87. The summed E-state index contributed by atoms with van der Waals surface area (Å²) in [5.74, 6) is -0.604. The second-order valence-electron chi connectivity index (χ2n) is 4.32. The molecular weight excluding hydrogens is 285 g/mol. The Balaban J connectivity index is 2.13. The number of nitrogens with one attached hydrogen (secondary N) is 1. The quantitative estimate of drug-likeness (QED) is 0.881. The maximum Gasteiger partial charge on any atom is 0.243 e. The highest BCUT2D eigenvalue weighted by molar-refractivity contribution is 7.89. The molecule has 0 saturated carbocycles. The fraction of sp³-hybridized carbons (Fsp3) is 0.231. The van der Waals surface area contributed by atoms with Gasteiger partial charge in [0.05, 0.1) is 6.26 Å². The van der Waals surface area contributed by atoms with Crippen LogP contribution < -0.4 is 4.72 Å². The van der Waals surface area contributed by atoms with Crippen LogP contribution in [0.3, 0.4) is 0 Å². The van der Waals surface area contributed by atoms with Crippen molar-refractivity contribution in [2.45, 2.75) is 17.9 Å². The van der Waals surface area contributed by atoms with Crippen LogP contribution in [-0.2, 0) is 10.0 Å².